The SMILES string of the molecule is Clc1cccc(N2B3c4ccccc4Oc4cccc(c43)-c3ccccc32)c1. The Hall–Kier alpha value is -3.17. The van der Waals surface area contributed by atoms with Gasteiger partial charge >= 0.3 is 6.85 Å². The van der Waals surface area contributed by atoms with Crippen molar-refractivity contribution in [3.63, 3.8) is 0 Å². The number of anilines is 2. The summed E-state index contributed by atoms with van der Waals surface area (Å²) in [7, 11) is 0. The Morgan fingerprint density at radius 3 is 2.39 bits per heavy atom. The fourth-order valence-electron chi connectivity index (χ4n) is 4.46. The molecule has 4 aromatic rings. The molecule has 0 bridgehead atoms. The lowest BCUT2D eigenvalue weighted by molar-refractivity contribution is 0.487. The molecule has 6 rings (SSSR count). The zero-order valence-corrected chi connectivity index (χ0v) is 15.7. The predicted octanol–water partition coefficient (Wildman–Crippen LogP) is 5.37. The van der Waals surface area contributed by atoms with E-state index in [0.717, 1.165) is 27.7 Å². The van der Waals surface area contributed by atoms with Crippen molar-refractivity contribution < 1.29 is 4.74 Å². The van der Waals surface area contributed by atoms with Gasteiger partial charge in [-0.05, 0) is 47.4 Å². The molecular formula is C24H15BClNO. The summed E-state index contributed by atoms with van der Waals surface area (Å²) in [6, 6.07) is 31.2. The molecule has 4 aromatic carbocycles. The van der Waals surface area contributed by atoms with E-state index < -0.39 is 0 Å². The van der Waals surface area contributed by atoms with Crippen molar-refractivity contribution in [2.24, 2.45) is 0 Å². The average Bonchev–Trinajstić information content (AvgIpc) is 2.74. The molecule has 0 N–H and O–H groups in total. The Morgan fingerprint density at radius 2 is 1.46 bits per heavy atom. The minimum absolute atomic E-state index is 0.0320. The summed E-state index contributed by atoms with van der Waals surface area (Å²) in [5, 5.41) is 0.731. The highest BCUT2D eigenvalue weighted by Crippen LogP contribution is 2.43. The van der Waals surface area contributed by atoms with Gasteiger partial charge in [0.2, 0.25) is 0 Å². The van der Waals surface area contributed by atoms with Gasteiger partial charge in [-0.1, -0.05) is 66.2 Å². The zero-order valence-electron chi connectivity index (χ0n) is 15.0. The van der Waals surface area contributed by atoms with E-state index in [9.17, 15) is 0 Å². The van der Waals surface area contributed by atoms with E-state index in [1.807, 2.05) is 30.3 Å². The molecule has 2 heterocycles. The van der Waals surface area contributed by atoms with Gasteiger partial charge in [0.05, 0.1) is 0 Å². The molecule has 0 aromatic heterocycles. The molecule has 2 aliphatic heterocycles. The molecule has 0 atom stereocenters. The summed E-state index contributed by atoms with van der Waals surface area (Å²) in [6.07, 6.45) is 0. The second kappa shape index (κ2) is 5.92. The van der Waals surface area contributed by atoms with Crippen molar-refractivity contribution in [3.8, 4) is 22.6 Å². The maximum atomic E-state index is 6.38. The van der Waals surface area contributed by atoms with Crippen molar-refractivity contribution in [2.45, 2.75) is 0 Å². The number of nitrogens with zero attached hydrogens (tertiary/aromatic N) is 1. The molecule has 2 nitrogen and oxygen atoms in total. The van der Waals surface area contributed by atoms with Gasteiger partial charge in [-0.3, -0.25) is 0 Å². The molecule has 0 saturated carbocycles. The van der Waals surface area contributed by atoms with Gasteiger partial charge in [0.25, 0.3) is 0 Å². The van der Waals surface area contributed by atoms with E-state index in [1.54, 1.807) is 0 Å². The molecule has 0 aliphatic carbocycles. The van der Waals surface area contributed by atoms with Crippen LogP contribution in [-0.2, 0) is 0 Å². The summed E-state index contributed by atoms with van der Waals surface area (Å²) in [5.41, 5.74) is 7.06. The number of benzene rings is 4. The van der Waals surface area contributed by atoms with E-state index in [0.29, 0.717) is 0 Å². The average molecular weight is 380 g/mol. The van der Waals surface area contributed by atoms with Crippen molar-refractivity contribution >= 4 is 40.7 Å². The maximum Gasteiger partial charge on any atom is 0.336 e. The van der Waals surface area contributed by atoms with Crippen LogP contribution in [0.25, 0.3) is 11.1 Å². The number of ether oxygens (including phenoxy) is 1. The monoisotopic (exact) mass is 379 g/mol. The zero-order chi connectivity index (χ0) is 18.7. The largest absolute Gasteiger partial charge is 0.458 e. The molecular weight excluding hydrogens is 365 g/mol. The highest BCUT2D eigenvalue weighted by molar-refractivity contribution is 6.92. The summed E-state index contributed by atoms with van der Waals surface area (Å²) < 4.78 is 6.29. The Kier molecular flexibility index (Phi) is 3.35. The lowest BCUT2D eigenvalue weighted by atomic mass is 9.44. The van der Waals surface area contributed by atoms with Gasteiger partial charge in [-0.15, -0.1) is 0 Å². The summed E-state index contributed by atoms with van der Waals surface area (Å²) in [5.74, 6) is 1.83. The topological polar surface area (TPSA) is 12.5 Å². The van der Waals surface area contributed by atoms with Crippen LogP contribution in [0.4, 0.5) is 11.4 Å². The molecule has 2 aliphatic rings. The Bertz CT molecular complexity index is 1240. The summed E-state index contributed by atoms with van der Waals surface area (Å²) in [6.45, 7) is 0.0320. The third-order valence-corrected chi connectivity index (χ3v) is 5.81. The number of fused-ring (bicyclic) bond motifs is 4. The summed E-state index contributed by atoms with van der Waals surface area (Å²) >= 11 is 6.38. The molecule has 4 heteroatoms. The number of halogens is 1. The van der Waals surface area contributed by atoms with E-state index in [4.69, 9.17) is 16.3 Å². The number of hydrogen-bond donors (Lipinski definition) is 0. The van der Waals surface area contributed by atoms with Crippen LogP contribution < -0.4 is 20.5 Å². The van der Waals surface area contributed by atoms with Gasteiger partial charge in [0, 0.05) is 27.4 Å². The molecule has 28 heavy (non-hydrogen) atoms. The van der Waals surface area contributed by atoms with Crippen molar-refractivity contribution in [1.82, 2.24) is 0 Å². The first-order chi connectivity index (χ1) is 13.8. The molecule has 0 amide bonds. The molecule has 0 fully saturated rings. The Morgan fingerprint density at radius 1 is 0.714 bits per heavy atom. The summed E-state index contributed by atoms with van der Waals surface area (Å²) in [4.78, 5) is 2.38. The van der Waals surface area contributed by atoms with Crippen LogP contribution >= 0.6 is 11.6 Å². The minimum atomic E-state index is 0.0320. The normalized spacial score (nSPS) is 13.3. The molecule has 0 saturated heterocycles. The van der Waals surface area contributed by atoms with Gasteiger partial charge in [0.1, 0.15) is 11.5 Å². The Labute approximate surface area is 169 Å². The van der Waals surface area contributed by atoms with Gasteiger partial charge in [0.15, 0.2) is 0 Å². The molecule has 132 valence electrons. The maximum absolute atomic E-state index is 6.38. The highest BCUT2D eigenvalue weighted by Gasteiger charge is 2.43. The number of hydrogen-bond acceptors (Lipinski definition) is 2. The third kappa shape index (κ3) is 2.17. The fraction of sp³-hybridized carbons (Fsp3) is 0. The standard InChI is InChI=1S/C24H15BClNO/c26-16-7-5-8-17(15-16)27-21-12-3-1-9-18(21)19-10-6-14-23-24(19)25(27)20-11-2-4-13-22(20)28-23/h1-15H. The third-order valence-electron chi connectivity index (χ3n) is 5.57. The van der Waals surface area contributed by atoms with Crippen LogP contribution in [0.1, 0.15) is 0 Å². The first-order valence-electron chi connectivity index (χ1n) is 9.35. The second-order valence-corrected chi connectivity index (χ2v) is 7.56. The van der Waals surface area contributed by atoms with Gasteiger partial charge in [-0.25, -0.2) is 0 Å². The smallest absolute Gasteiger partial charge is 0.336 e. The van der Waals surface area contributed by atoms with E-state index in [2.05, 4.69) is 65.5 Å². The van der Waals surface area contributed by atoms with Crippen LogP contribution in [0, 0.1) is 0 Å². The van der Waals surface area contributed by atoms with Gasteiger partial charge in [-0.2, -0.15) is 0 Å². The Balaban J connectivity index is 1.72. The highest BCUT2D eigenvalue weighted by atomic mass is 35.5. The van der Waals surface area contributed by atoms with Crippen LogP contribution in [0.3, 0.4) is 0 Å². The van der Waals surface area contributed by atoms with E-state index >= 15 is 0 Å². The predicted molar refractivity (Wildman–Crippen MR) is 117 cm³/mol. The quantitative estimate of drug-likeness (QED) is 0.412. The van der Waals surface area contributed by atoms with E-state index in [-0.39, 0.29) is 6.85 Å². The van der Waals surface area contributed by atoms with E-state index in [1.165, 1.54) is 22.3 Å². The van der Waals surface area contributed by atoms with Crippen molar-refractivity contribution in [3.05, 3.63) is 96.0 Å². The molecule has 0 radical (unpaired) electrons. The van der Waals surface area contributed by atoms with Crippen LogP contribution in [0.2, 0.25) is 5.02 Å². The van der Waals surface area contributed by atoms with Crippen LogP contribution in [-0.4, -0.2) is 6.85 Å². The van der Waals surface area contributed by atoms with Crippen LogP contribution in [0.5, 0.6) is 11.5 Å². The van der Waals surface area contributed by atoms with Crippen molar-refractivity contribution in [2.75, 3.05) is 4.81 Å². The lowest BCUT2D eigenvalue weighted by Crippen LogP contribution is -2.59. The molecule has 0 unspecified atom stereocenters. The first-order valence-corrected chi connectivity index (χ1v) is 9.73. The number of rotatable bonds is 1. The van der Waals surface area contributed by atoms with Gasteiger partial charge < -0.3 is 9.55 Å². The van der Waals surface area contributed by atoms with Crippen molar-refractivity contribution in [1.29, 1.82) is 0 Å². The fourth-order valence-corrected chi connectivity index (χ4v) is 4.64. The number of para-hydroxylation sites is 2. The molecule has 0 spiro atoms. The second-order valence-electron chi connectivity index (χ2n) is 7.13. The lowest BCUT2D eigenvalue weighted by Gasteiger charge is -2.41. The first kappa shape index (κ1) is 15.9. The minimum Gasteiger partial charge on any atom is -0.458 e. The van der Waals surface area contributed by atoms with Crippen LogP contribution in [0.15, 0.2) is 91.0 Å².